The molecule has 1 saturated carbocycles. The van der Waals surface area contributed by atoms with E-state index in [2.05, 4.69) is 25.9 Å². The van der Waals surface area contributed by atoms with Gasteiger partial charge in [0, 0.05) is 0 Å². The molecule has 1 aromatic rings. The molecule has 0 aromatic carbocycles. The first-order valence-corrected chi connectivity index (χ1v) is 6.05. The third kappa shape index (κ3) is 2.44. The van der Waals surface area contributed by atoms with Crippen molar-refractivity contribution in [2.75, 3.05) is 6.61 Å². The normalized spacial score (nSPS) is 18.6. The number of nitrogens with zero attached hydrogens (tertiary/aromatic N) is 1. The number of hydrogen-bond acceptors (Lipinski definition) is 4. The van der Waals surface area contributed by atoms with Crippen LogP contribution in [0.4, 0.5) is 0 Å². The molecule has 6 heteroatoms. The van der Waals surface area contributed by atoms with E-state index in [4.69, 9.17) is 10.5 Å². The Bertz CT molecular complexity index is 426. The Balaban J connectivity index is 2.04. The van der Waals surface area contributed by atoms with Crippen LogP contribution in [0.25, 0.3) is 0 Å². The van der Waals surface area contributed by atoms with Crippen molar-refractivity contribution in [3.05, 3.63) is 21.2 Å². The van der Waals surface area contributed by atoms with E-state index in [1.165, 1.54) is 6.33 Å². The highest BCUT2D eigenvalue weighted by molar-refractivity contribution is 9.10. The van der Waals surface area contributed by atoms with Crippen molar-refractivity contribution in [3.63, 3.8) is 0 Å². The number of aromatic amines is 1. The average Bonchev–Trinajstić information content (AvgIpc) is 2.68. The highest BCUT2D eigenvalue weighted by Crippen LogP contribution is 2.28. The Labute approximate surface area is 102 Å². The summed E-state index contributed by atoms with van der Waals surface area (Å²) in [6.45, 7) is 0.405. The summed E-state index contributed by atoms with van der Waals surface area (Å²) >= 11 is 3.14. The van der Waals surface area contributed by atoms with Gasteiger partial charge >= 0.3 is 0 Å². The molecule has 88 valence electrons. The Hall–Kier alpha value is -0.880. The summed E-state index contributed by atoms with van der Waals surface area (Å²) in [5, 5.41) is 0. The van der Waals surface area contributed by atoms with Gasteiger partial charge in [0.05, 0.1) is 11.9 Å². The fourth-order valence-corrected chi connectivity index (χ4v) is 2.23. The Morgan fingerprint density at radius 2 is 2.25 bits per heavy atom. The maximum absolute atomic E-state index is 11.3. The number of nitrogens with one attached hydrogen (secondary N) is 1. The van der Waals surface area contributed by atoms with E-state index in [1.54, 1.807) is 0 Å². The highest BCUT2D eigenvalue weighted by Gasteiger charge is 2.30. The van der Waals surface area contributed by atoms with Crippen molar-refractivity contribution in [1.29, 1.82) is 0 Å². The maximum Gasteiger partial charge on any atom is 0.268 e. The van der Waals surface area contributed by atoms with Gasteiger partial charge in [0.2, 0.25) is 5.88 Å². The van der Waals surface area contributed by atoms with E-state index >= 15 is 0 Å². The van der Waals surface area contributed by atoms with Crippen molar-refractivity contribution in [1.82, 2.24) is 9.97 Å². The van der Waals surface area contributed by atoms with Gasteiger partial charge < -0.3 is 15.5 Å². The van der Waals surface area contributed by atoms with Gasteiger partial charge in [0.1, 0.15) is 11.1 Å². The molecule has 0 bridgehead atoms. The van der Waals surface area contributed by atoms with Crippen molar-refractivity contribution in [2.24, 2.45) is 5.73 Å². The van der Waals surface area contributed by atoms with Gasteiger partial charge in [-0.1, -0.05) is 12.8 Å². The summed E-state index contributed by atoms with van der Waals surface area (Å²) in [7, 11) is 0. The fraction of sp³-hybridized carbons (Fsp3) is 0.600. The summed E-state index contributed by atoms with van der Waals surface area (Å²) < 4.78 is 5.82. The van der Waals surface area contributed by atoms with Crippen molar-refractivity contribution >= 4 is 15.9 Å². The SMILES string of the molecule is NC1(COc2nc[nH]c(=O)c2Br)CCCC1. The minimum absolute atomic E-state index is 0.248. The van der Waals surface area contributed by atoms with Crippen molar-refractivity contribution < 1.29 is 4.74 Å². The van der Waals surface area contributed by atoms with Gasteiger partial charge in [-0.3, -0.25) is 4.79 Å². The fourth-order valence-electron chi connectivity index (χ4n) is 1.90. The third-order valence-corrected chi connectivity index (χ3v) is 3.56. The number of ether oxygens (including phenoxy) is 1. The van der Waals surface area contributed by atoms with Crippen LogP contribution in [0.5, 0.6) is 5.88 Å². The molecule has 1 fully saturated rings. The molecule has 0 spiro atoms. The van der Waals surface area contributed by atoms with Crippen LogP contribution >= 0.6 is 15.9 Å². The van der Waals surface area contributed by atoms with Gasteiger partial charge in [-0.25, -0.2) is 4.98 Å². The molecule has 0 radical (unpaired) electrons. The van der Waals surface area contributed by atoms with Gasteiger partial charge in [-0.15, -0.1) is 0 Å². The number of halogens is 1. The molecule has 0 atom stereocenters. The highest BCUT2D eigenvalue weighted by atomic mass is 79.9. The van der Waals surface area contributed by atoms with Crippen LogP contribution in [0.2, 0.25) is 0 Å². The molecule has 2 rings (SSSR count). The first kappa shape index (κ1) is 11.6. The lowest BCUT2D eigenvalue weighted by atomic mass is 10.0. The van der Waals surface area contributed by atoms with Gasteiger partial charge in [0.15, 0.2) is 0 Å². The van der Waals surface area contributed by atoms with Crippen molar-refractivity contribution in [3.8, 4) is 5.88 Å². The van der Waals surface area contributed by atoms with E-state index in [0.29, 0.717) is 17.0 Å². The lowest BCUT2D eigenvalue weighted by molar-refractivity contribution is 0.211. The summed E-state index contributed by atoms with van der Waals surface area (Å²) in [5.74, 6) is 0.306. The van der Waals surface area contributed by atoms with Crippen LogP contribution in [0.1, 0.15) is 25.7 Å². The zero-order valence-corrected chi connectivity index (χ0v) is 10.4. The summed E-state index contributed by atoms with van der Waals surface area (Å²) in [6.07, 6.45) is 5.54. The quantitative estimate of drug-likeness (QED) is 0.875. The standard InChI is InChI=1S/C10H14BrN3O2/c11-7-8(15)13-6-14-9(7)16-5-10(12)3-1-2-4-10/h6H,1-5,12H2,(H,13,14,15). The van der Waals surface area contributed by atoms with E-state index in [1.807, 2.05) is 0 Å². The van der Waals surface area contributed by atoms with Crippen molar-refractivity contribution in [2.45, 2.75) is 31.2 Å². The lowest BCUT2D eigenvalue weighted by Gasteiger charge is -2.23. The smallest absolute Gasteiger partial charge is 0.268 e. The molecule has 1 aliphatic rings. The molecular weight excluding hydrogens is 274 g/mol. The lowest BCUT2D eigenvalue weighted by Crippen LogP contribution is -2.42. The second kappa shape index (κ2) is 4.55. The minimum Gasteiger partial charge on any atom is -0.475 e. The molecule has 1 aliphatic carbocycles. The van der Waals surface area contributed by atoms with E-state index in [-0.39, 0.29) is 11.1 Å². The number of hydrogen-bond donors (Lipinski definition) is 2. The molecule has 5 nitrogen and oxygen atoms in total. The molecule has 3 N–H and O–H groups in total. The van der Waals surface area contributed by atoms with Gasteiger partial charge in [-0.2, -0.15) is 0 Å². The van der Waals surface area contributed by atoms with Crippen LogP contribution in [0.15, 0.2) is 15.6 Å². The molecule has 1 aromatic heterocycles. The third-order valence-electron chi connectivity index (χ3n) is 2.86. The first-order chi connectivity index (χ1) is 7.61. The molecule has 0 unspecified atom stereocenters. The number of rotatable bonds is 3. The number of aromatic nitrogens is 2. The largest absolute Gasteiger partial charge is 0.475 e. The van der Waals surface area contributed by atoms with Crippen LogP contribution in [-0.2, 0) is 0 Å². The van der Waals surface area contributed by atoms with Gasteiger partial charge in [-0.05, 0) is 28.8 Å². The predicted octanol–water partition coefficient (Wildman–Crippen LogP) is 1.18. The Morgan fingerprint density at radius 3 is 2.94 bits per heavy atom. The van der Waals surface area contributed by atoms with Crippen LogP contribution in [0.3, 0.4) is 0 Å². The molecule has 0 saturated heterocycles. The van der Waals surface area contributed by atoms with E-state index in [9.17, 15) is 4.79 Å². The second-order valence-electron chi connectivity index (χ2n) is 4.21. The Kier molecular flexibility index (Phi) is 3.30. The van der Waals surface area contributed by atoms with Gasteiger partial charge in [0.25, 0.3) is 5.56 Å². The summed E-state index contributed by atoms with van der Waals surface area (Å²) in [6, 6.07) is 0. The zero-order chi connectivity index (χ0) is 11.6. The molecule has 1 heterocycles. The molecule has 16 heavy (non-hydrogen) atoms. The maximum atomic E-state index is 11.3. The first-order valence-electron chi connectivity index (χ1n) is 5.26. The summed E-state index contributed by atoms with van der Waals surface area (Å²) in [5.41, 5.74) is 5.63. The van der Waals surface area contributed by atoms with E-state index in [0.717, 1.165) is 25.7 Å². The average molecular weight is 288 g/mol. The Morgan fingerprint density at radius 1 is 1.56 bits per heavy atom. The summed E-state index contributed by atoms with van der Waals surface area (Å²) in [4.78, 5) is 17.7. The zero-order valence-electron chi connectivity index (χ0n) is 8.83. The number of nitrogens with two attached hydrogens (primary N) is 1. The van der Waals surface area contributed by atoms with Crippen LogP contribution < -0.4 is 16.0 Å². The molecule has 0 amide bonds. The van der Waals surface area contributed by atoms with Crippen LogP contribution in [-0.4, -0.2) is 22.1 Å². The monoisotopic (exact) mass is 287 g/mol. The second-order valence-corrected chi connectivity index (χ2v) is 5.00. The van der Waals surface area contributed by atoms with E-state index < -0.39 is 0 Å². The molecular formula is C10H14BrN3O2. The number of H-pyrrole nitrogens is 1. The topological polar surface area (TPSA) is 81.0 Å². The predicted molar refractivity (Wildman–Crippen MR) is 63.4 cm³/mol. The molecule has 0 aliphatic heterocycles. The minimum atomic E-state index is -0.260. The van der Waals surface area contributed by atoms with Crippen LogP contribution in [0, 0.1) is 0 Å².